The van der Waals surface area contributed by atoms with Gasteiger partial charge in [0.05, 0.1) is 0 Å². The van der Waals surface area contributed by atoms with Crippen LogP contribution in [0.2, 0.25) is 0 Å². The summed E-state index contributed by atoms with van der Waals surface area (Å²) in [6.07, 6.45) is 0. The molecule has 0 nitrogen and oxygen atoms in total. The summed E-state index contributed by atoms with van der Waals surface area (Å²) in [4.78, 5) is 0. The van der Waals surface area contributed by atoms with Crippen molar-refractivity contribution in [2.24, 2.45) is 0 Å². The summed E-state index contributed by atoms with van der Waals surface area (Å²) in [6.45, 7) is 6.44. The number of hydrogen-bond acceptors (Lipinski definition) is 0. The van der Waals surface area contributed by atoms with E-state index in [1.807, 2.05) is 0 Å². The first-order valence-electron chi connectivity index (χ1n) is 16.7. The van der Waals surface area contributed by atoms with Gasteiger partial charge < -0.3 is 24.8 Å². The zero-order chi connectivity index (χ0) is 32.9. The maximum atomic E-state index is 2.26. The van der Waals surface area contributed by atoms with Gasteiger partial charge in [-0.05, 0) is 16.7 Å². The summed E-state index contributed by atoms with van der Waals surface area (Å²) >= 11 is 0. The van der Waals surface area contributed by atoms with E-state index in [-0.39, 0.29) is 51.0 Å². The first kappa shape index (κ1) is 39.4. The Balaban J connectivity index is 0.000000167. The Bertz CT molecular complexity index is 2140. The number of aryl methyl sites for hydroxylation is 3. The van der Waals surface area contributed by atoms with Crippen molar-refractivity contribution < 1.29 is 51.0 Å². The van der Waals surface area contributed by atoms with Crippen LogP contribution >= 0.6 is 0 Å². The third-order valence-electron chi connectivity index (χ3n) is 8.94. The Morgan fingerprint density at radius 1 is 0.314 bits per heavy atom. The number of hydrogen-bond donors (Lipinski definition) is 0. The largest absolute Gasteiger partial charge is 2.00 e. The van der Waals surface area contributed by atoms with Crippen molar-refractivity contribution >= 4 is 32.3 Å². The first-order chi connectivity index (χ1) is 23.5. The van der Waals surface area contributed by atoms with Gasteiger partial charge in [0.15, 0.2) is 0 Å². The molecule has 0 spiro atoms. The van der Waals surface area contributed by atoms with Crippen LogP contribution < -0.4 is 24.8 Å². The quantitative estimate of drug-likeness (QED) is 0.162. The minimum absolute atomic E-state index is 0. The van der Waals surface area contributed by atoms with E-state index in [1.165, 1.54) is 82.4 Å². The molecule has 0 aromatic heterocycles. The van der Waals surface area contributed by atoms with Gasteiger partial charge >= 0.3 is 26.2 Å². The monoisotopic (exact) mass is 775 g/mol. The molecule has 0 atom stereocenters. The molecule has 9 aromatic carbocycles. The minimum atomic E-state index is 0. The Morgan fingerprint density at radius 2 is 0.569 bits per heavy atom. The topological polar surface area (TPSA) is 0 Å². The van der Waals surface area contributed by atoms with Gasteiger partial charge in [0.1, 0.15) is 0 Å². The van der Waals surface area contributed by atoms with E-state index >= 15 is 0 Å². The van der Waals surface area contributed by atoms with E-state index in [0.717, 1.165) is 0 Å². The third kappa shape index (κ3) is 9.11. The van der Waals surface area contributed by atoms with Crippen molar-refractivity contribution in [3.8, 4) is 33.4 Å². The second-order valence-electron chi connectivity index (χ2n) is 12.6. The average molecular weight is 778 g/mol. The Kier molecular flexibility index (Phi) is 14.1. The molecule has 9 aromatic rings. The first-order valence-corrected chi connectivity index (χ1v) is 16.7. The van der Waals surface area contributed by atoms with E-state index in [2.05, 4.69) is 203 Å². The number of benzene rings is 6. The summed E-state index contributed by atoms with van der Waals surface area (Å²) in [6, 6.07) is 64.7. The fourth-order valence-electron chi connectivity index (χ4n) is 6.76. The molecule has 0 amide bonds. The minimum Gasteiger partial charge on any atom is -1.00 e. The van der Waals surface area contributed by atoms with Gasteiger partial charge in [-0.1, -0.05) is 147 Å². The summed E-state index contributed by atoms with van der Waals surface area (Å²) < 4.78 is 0. The predicted molar refractivity (Wildman–Crippen MR) is 209 cm³/mol. The van der Waals surface area contributed by atoms with Gasteiger partial charge in [-0.2, -0.15) is 18.2 Å². The summed E-state index contributed by atoms with van der Waals surface area (Å²) in [5.41, 5.74) is 11.8. The molecular weight excluding hydrogens is 739 g/mol. The third-order valence-corrected chi connectivity index (χ3v) is 8.94. The van der Waals surface area contributed by atoms with Crippen LogP contribution in [0.5, 0.6) is 0 Å². The molecule has 0 unspecified atom stereocenters. The molecule has 0 radical (unpaired) electrons. The van der Waals surface area contributed by atoms with Gasteiger partial charge in [-0.15, -0.1) is 104 Å². The average Bonchev–Trinajstić information content (AvgIpc) is 3.83. The van der Waals surface area contributed by atoms with Crippen molar-refractivity contribution in [3.05, 3.63) is 199 Å². The van der Waals surface area contributed by atoms with E-state index < -0.39 is 0 Å². The second kappa shape index (κ2) is 18.2. The van der Waals surface area contributed by atoms with E-state index in [0.29, 0.717) is 0 Å². The standard InChI is InChI=1S/3C16H13.2ClH.Zr/c3*1-12-10-14-8-5-9-15(16(14)11-12)13-6-3-2-4-7-13;;;/h3*2-11H,1H3;2*1H;/q3*-1;;;+2/p-2. The molecule has 0 saturated carbocycles. The summed E-state index contributed by atoms with van der Waals surface area (Å²) in [5, 5.41) is 8.06. The Labute approximate surface area is 333 Å². The normalized spacial score (nSPS) is 10.2. The van der Waals surface area contributed by atoms with Crippen LogP contribution in [0.1, 0.15) is 16.7 Å². The molecule has 51 heavy (non-hydrogen) atoms. The van der Waals surface area contributed by atoms with Crippen LogP contribution in [-0.2, 0) is 26.2 Å². The zero-order valence-corrected chi connectivity index (χ0v) is 33.0. The molecule has 0 aliphatic rings. The fourth-order valence-corrected chi connectivity index (χ4v) is 6.76. The van der Waals surface area contributed by atoms with Crippen LogP contribution in [0.4, 0.5) is 0 Å². The number of halogens is 2. The molecule has 3 heteroatoms. The smallest absolute Gasteiger partial charge is 1.00 e. The van der Waals surface area contributed by atoms with Gasteiger partial charge in [0.25, 0.3) is 0 Å². The fraction of sp³-hybridized carbons (Fsp3) is 0.0625. The molecule has 0 N–H and O–H groups in total. The number of fused-ring (bicyclic) bond motifs is 3. The molecule has 252 valence electrons. The summed E-state index contributed by atoms with van der Waals surface area (Å²) in [7, 11) is 0. The van der Waals surface area contributed by atoms with Crippen LogP contribution in [-0.4, -0.2) is 0 Å². The van der Waals surface area contributed by atoms with Crippen molar-refractivity contribution in [3.63, 3.8) is 0 Å². The van der Waals surface area contributed by atoms with Gasteiger partial charge in [-0.3, -0.25) is 0 Å². The molecule has 0 saturated heterocycles. The zero-order valence-electron chi connectivity index (χ0n) is 29.1. The number of rotatable bonds is 3. The maximum absolute atomic E-state index is 2.26. The predicted octanol–water partition coefficient (Wildman–Crippen LogP) is 7.61. The van der Waals surface area contributed by atoms with Gasteiger partial charge in [0.2, 0.25) is 0 Å². The van der Waals surface area contributed by atoms with Crippen molar-refractivity contribution in [1.82, 2.24) is 0 Å². The molecule has 0 fully saturated rings. The van der Waals surface area contributed by atoms with Crippen molar-refractivity contribution in [2.75, 3.05) is 0 Å². The molecule has 9 rings (SSSR count). The molecule has 0 aliphatic carbocycles. The summed E-state index contributed by atoms with van der Waals surface area (Å²) in [5.74, 6) is 0. The SMILES string of the molecule is Cc1cc2c(-c3ccccc3)cccc2[cH-]1.Cc1cc2c(-c3ccccc3)cccc2[cH-]1.Cc1cc2c(-c3ccccc3)cccc2[cH-]1.[Cl-].[Cl-].[Zr+2]. The van der Waals surface area contributed by atoms with Crippen LogP contribution in [0.15, 0.2) is 182 Å². The Morgan fingerprint density at radius 3 is 0.824 bits per heavy atom. The Hall–Kier alpha value is -4.39. The van der Waals surface area contributed by atoms with E-state index in [1.54, 1.807) is 0 Å². The van der Waals surface area contributed by atoms with E-state index in [9.17, 15) is 0 Å². The van der Waals surface area contributed by atoms with E-state index in [4.69, 9.17) is 0 Å². The van der Waals surface area contributed by atoms with Crippen molar-refractivity contribution in [2.45, 2.75) is 20.8 Å². The van der Waals surface area contributed by atoms with Crippen LogP contribution in [0, 0.1) is 20.8 Å². The molecular formula is C48H39Cl2Zr-3. The second-order valence-corrected chi connectivity index (χ2v) is 12.6. The van der Waals surface area contributed by atoms with Crippen LogP contribution in [0.3, 0.4) is 0 Å². The van der Waals surface area contributed by atoms with Gasteiger partial charge in [-0.25, -0.2) is 0 Å². The van der Waals surface area contributed by atoms with Gasteiger partial charge in [0, 0.05) is 0 Å². The molecule has 0 heterocycles. The molecule has 0 bridgehead atoms. The maximum Gasteiger partial charge on any atom is 2.00 e. The van der Waals surface area contributed by atoms with Crippen LogP contribution in [0.25, 0.3) is 65.7 Å². The molecule has 0 aliphatic heterocycles. The van der Waals surface area contributed by atoms with Crippen molar-refractivity contribution in [1.29, 1.82) is 0 Å².